The molecule has 0 spiro atoms. The Labute approximate surface area is 168 Å². The van der Waals surface area contributed by atoms with Crippen LogP contribution in [0.4, 0.5) is 0 Å². The van der Waals surface area contributed by atoms with Crippen molar-refractivity contribution in [2.75, 3.05) is 7.11 Å². The van der Waals surface area contributed by atoms with Crippen molar-refractivity contribution in [3.63, 3.8) is 0 Å². The molecule has 0 aromatic heterocycles. The molecule has 158 valence electrons. The molecule has 0 aliphatic heterocycles. The molecule has 4 fully saturated rings. The molecule has 4 aliphatic rings. The van der Waals surface area contributed by atoms with Crippen LogP contribution in [0, 0.1) is 34.5 Å². The molecule has 4 aliphatic carbocycles. The fourth-order valence-electron chi connectivity index (χ4n) is 8.08. The zero-order valence-electron chi connectivity index (χ0n) is 17.8. The first-order valence-corrected chi connectivity index (χ1v) is 11.1. The summed E-state index contributed by atoms with van der Waals surface area (Å²) in [6.45, 7) is 6.10. The molecule has 5 heteroatoms. The van der Waals surface area contributed by atoms with Gasteiger partial charge < -0.3 is 14.6 Å². The molecule has 4 rings (SSSR count). The zero-order chi connectivity index (χ0) is 20.3. The third-order valence-electron chi connectivity index (χ3n) is 9.62. The second-order valence-corrected chi connectivity index (χ2v) is 10.5. The Kier molecular flexibility index (Phi) is 4.84. The average Bonchev–Trinajstić information content (AvgIpc) is 2.93. The first-order valence-electron chi connectivity index (χ1n) is 11.1. The Bertz CT molecular complexity index is 661. The minimum Gasteiger partial charge on any atom is -0.467 e. The highest BCUT2D eigenvalue weighted by molar-refractivity contribution is 5.81. The molecule has 0 bridgehead atoms. The van der Waals surface area contributed by atoms with Crippen LogP contribution in [0.25, 0.3) is 0 Å². The highest BCUT2D eigenvalue weighted by atomic mass is 16.5. The molecule has 1 N–H and O–H groups in total. The lowest BCUT2D eigenvalue weighted by Gasteiger charge is -2.61. The van der Waals surface area contributed by atoms with Crippen molar-refractivity contribution in [1.82, 2.24) is 0 Å². The van der Waals surface area contributed by atoms with Gasteiger partial charge in [0.1, 0.15) is 6.10 Å². The molecule has 8 atom stereocenters. The number of esters is 2. The van der Waals surface area contributed by atoms with Gasteiger partial charge in [-0.15, -0.1) is 0 Å². The molecular weight excluding hydrogens is 356 g/mol. The lowest BCUT2D eigenvalue weighted by Crippen LogP contribution is -2.59. The van der Waals surface area contributed by atoms with Gasteiger partial charge in [0, 0.05) is 12.3 Å². The topological polar surface area (TPSA) is 72.8 Å². The normalized spacial score (nSPS) is 50.1. The van der Waals surface area contributed by atoms with Crippen LogP contribution in [-0.2, 0) is 19.1 Å². The van der Waals surface area contributed by atoms with Crippen molar-refractivity contribution in [2.24, 2.45) is 34.5 Å². The average molecular weight is 393 g/mol. The fourth-order valence-corrected chi connectivity index (χ4v) is 8.08. The van der Waals surface area contributed by atoms with Crippen molar-refractivity contribution >= 4 is 11.9 Å². The summed E-state index contributed by atoms with van der Waals surface area (Å²) >= 11 is 0. The second-order valence-electron chi connectivity index (χ2n) is 10.5. The van der Waals surface area contributed by atoms with E-state index in [-0.39, 0.29) is 22.9 Å². The quantitative estimate of drug-likeness (QED) is 0.722. The maximum absolute atomic E-state index is 12.5. The van der Waals surface area contributed by atoms with E-state index >= 15 is 0 Å². The Hall–Kier alpha value is -1.10. The molecule has 0 heterocycles. The van der Waals surface area contributed by atoms with Gasteiger partial charge >= 0.3 is 11.9 Å². The van der Waals surface area contributed by atoms with Gasteiger partial charge in [-0.1, -0.05) is 13.8 Å². The van der Waals surface area contributed by atoms with E-state index in [1.165, 1.54) is 20.5 Å². The highest BCUT2D eigenvalue weighted by Gasteiger charge is 2.67. The van der Waals surface area contributed by atoms with E-state index in [2.05, 4.69) is 13.8 Å². The number of fused-ring (bicyclic) bond motifs is 5. The van der Waals surface area contributed by atoms with Crippen molar-refractivity contribution in [3.8, 4) is 0 Å². The summed E-state index contributed by atoms with van der Waals surface area (Å²) in [6, 6.07) is 0. The second kappa shape index (κ2) is 6.72. The van der Waals surface area contributed by atoms with Crippen molar-refractivity contribution < 1.29 is 24.2 Å². The molecule has 0 amide bonds. The van der Waals surface area contributed by atoms with E-state index in [4.69, 9.17) is 9.47 Å². The minimum absolute atomic E-state index is 0.0804. The van der Waals surface area contributed by atoms with Crippen LogP contribution in [0.2, 0.25) is 0 Å². The van der Waals surface area contributed by atoms with Gasteiger partial charge in [0.2, 0.25) is 0 Å². The summed E-state index contributed by atoms with van der Waals surface area (Å²) in [7, 11) is 1.39. The molecule has 0 radical (unpaired) electrons. The minimum atomic E-state index is -1.33. The molecule has 4 saturated carbocycles. The van der Waals surface area contributed by atoms with Crippen LogP contribution >= 0.6 is 0 Å². The Morgan fingerprint density at radius 3 is 2.36 bits per heavy atom. The van der Waals surface area contributed by atoms with E-state index in [1.54, 1.807) is 0 Å². The number of methoxy groups -OCH3 is 1. The van der Waals surface area contributed by atoms with Gasteiger partial charge in [0.15, 0.2) is 5.60 Å². The maximum Gasteiger partial charge on any atom is 0.338 e. The molecule has 28 heavy (non-hydrogen) atoms. The Balaban J connectivity index is 1.56. The number of hydrogen-bond donors (Lipinski definition) is 1. The van der Waals surface area contributed by atoms with Crippen LogP contribution in [-0.4, -0.2) is 35.9 Å². The highest BCUT2D eigenvalue weighted by Crippen LogP contribution is 2.68. The fraction of sp³-hybridized carbons (Fsp3) is 0.913. The Morgan fingerprint density at radius 2 is 1.68 bits per heavy atom. The third kappa shape index (κ3) is 2.68. The van der Waals surface area contributed by atoms with E-state index < -0.39 is 11.6 Å². The molecule has 5 nitrogen and oxygen atoms in total. The number of carbonyl (C=O) groups excluding carboxylic acids is 2. The summed E-state index contributed by atoms with van der Waals surface area (Å²) in [5.41, 5.74) is -1.42. The molecule has 0 unspecified atom stereocenters. The van der Waals surface area contributed by atoms with Crippen molar-refractivity contribution in [1.29, 1.82) is 0 Å². The van der Waals surface area contributed by atoms with Crippen LogP contribution in [0.5, 0.6) is 0 Å². The van der Waals surface area contributed by atoms with Crippen molar-refractivity contribution in [3.05, 3.63) is 0 Å². The third-order valence-corrected chi connectivity index (χ3v) is 9.62. The standard InChI is InChI=1S/C23H36O5/c1-14(24)28-16-7-10-21(2)15(13-16)5-6-17-18(21)8-11-22(3)19(17)9-12-23(22,26)20(25)27-4/h15-19,26H,5-13H2,1-4H3/t15-,16-,17+,18-,19+,21-,22+,23-/m0/s1. The number of ether oxygens (including phenoxy) is 2. The first-order chi connectivity index (χ1) is 13.2. The maximum atomic E-state index is 12.5. The number of carbonyl (C=O) groups is 2. The monoisotopic (exact) mass is 392 g/mol. The van der Waals surface area contributed by atoms with Gasteiger partial charge in [-0.2, -0.15) is 0 Å². The number of aliphatic hydroxyl groups is 1. The van der Waals surface area contributed by atoms with Gasteiger partial charge in [-0.05, 0) is 86.9 Å². The summed E-state index contributed by atoms with van der Waals surface area (Å²) in [5, 5.41) is 11.3. The molecular formula is C23H36O5. The summed E-state index contributed by atoms with van der Waals surface area (Å²) in [5.74, 6) is 1.60. The smallest absolute Gasteiger partial charge is 0.338 e. The van der Waals surface area contributed by atoms with Gasteiger partial charge in [-0.3, -0.25) is 4.79 Å². The van der Waals surface area contributed by atoms with Crippen molar-refractivity contribution in [2.45, 2.75) is 90.3 Å². The Morgan fingerprint density at radius 1 is 0.964 bits per heavy atom. The van der Waals surface area contributed by atoms with Crippen LogP contribution in [0.3, 0.4) is 0 Å². The van der Waals surface area contributed by atoms with Gasteiger partial charge in [0.05, 0.1) is 7.11 Å². The van der Waals surface area contributed by atoms with E-state index in [0.29, 0.717) is 30.1 Å². The predicted octanol–water partition coefficient (Wildman–Crippen LogP) is 3.86. The summed E-state index contributed by atoms with van der Waals surface area (Å²) < 4.78 is 10.6. The van der Waals surface area contributed by atoms with Crippen LogP contribution < -0.4 is 0 Å². The van der Waals surface area contributed by atoms with Gasteiger partial charge in [0.25, 0.3) is 0 Å². The summed E-state index contributed by atoms with van der Waals surface area (Å²) in [4.78, 5) is 23.9. The SMILES string of the molecule is COC(=O)[C@@]1(O)CC[C@@H]2[C@@H]3CC[C@H]4C[C@@H](OC(C)=O)CC[C@]4(C)[C@H]3CC[C@]21C. The van der Waals surface area contributed by atoms with Crippen LogP contribution in [0.15, 0.2) is 0 Å². The first kappa shape index (κ1) is 20.2. The lowest BCUT2D eigenvalue weighted by molar-refractivity contribution is -0.191. The molecule has 0 aromatic carbocycles. The summed E-state index contributed by atoms with van der Waals surface area (Å²) in [6.07, 6.45) is 8.88. The zero-order valence-corrected chi connectivity index (χ0v) is 17.8. The van der Waals surface area contributed by atoms with Gasteiger partial charge in [-0.25, -0.2) is 4.79 Å². The number of rotatable bonds is 2. The largest absolute Gasteiger partial charge is 0.467 e. The van der Waals surface area contributed by atoms with E-state index in [0.717, 1.165) is 44.9 Å². The van der Waals surface area contributed by atoms with E-state index in [9.17, 15) is 14.7 Å². The lowest BCUT2D eigenvalue weighted by atomic mass is 9.44. The molecule has 0 aromatic rings. The van der Waals surface area contributed by atoms with E-state index in [1.807, 2.05) is 0 Å². The molecule has 0 saturated heterocycles. The predicted molar refractivity (Wildman–Crippen MR) is 104 cm³/mol. The van der Waals surface area contributed by atoms with Crippen LogP contribution in [0.1, 0.15) is 78.6 Å². The number of hydrogen-bond acceptors (Lipinski definition) is 5.